The van der Waals surface area contributed by atoms with E-state index < -0.39 is 0 Å². The van der Waals surface area contributed by atoms with Crippen molar-refractivity contribution in [1.29, 1.82) is 0 Å². The quantitative estimate of drug-likeness (QED) is 0.158. The fraction of sp³-hybridized carbons (Fsp3) is 0. The van der Waals surface area contributed by atoms with E-state index in [1.807, 2.05) is 0 Å². The number of aromatic nitrogens is 4. The molecule has 18 aromatic rings. The van der Waals surface area contributed by atoms with E-state index >= 15 is 0 Å². The summed E-state index contributed by atoms with van der Waals surface area (Å²) in [6.07, 6.45) is 0. The molecule has 4 nitrogen and oxygen atoms in total. The highest BCUT2D eigenvalue weighted by molar-refractivity contribution is 6.21. The van der Waals surface area contributed by atoms with Crippen molar-refractivity contribution in [1.82, 2.24) is 18.3 Å². The molecular weight excluding hydrogens is 1020 g/mol. The smallest absolute Gasteiger partial charge is 0.0548 e. The molecule has 0 fully saturated rings. The van der Waals surface area contributed by atoms with E-state index in [1.165, 1.54) is 142 Å². The van der Waals surface area contributed by atoms with E-state index in [4.69, 9.17) is 0 Å². The number of nitrogens with zero attached hydrogens (tertiary/aromatic N) is 4. The molecule has 0 spiro atoms. The highest BCUT2D eigenvalue weighted by Gasteiger charge is 2.21. The molecule has 4 heteroatoms. The Balaban J connectivity index is 0.000000133. The number of benzene rings is 14. The fourth-order valence-electron chi connectivity index (χ4n) is 13.5. The minimum Gasteiger partial charge on any atom is -0.309 e. The van der Waals surface area contributed by atoms with Gasteiger partial charge >= 0.3 is 0 Å². The average Bonchev–Trinajstić information content (AvgIpc) is 2.26. The molecule has 0 aliphatic carbocycles. The molecule has 0 bridgehead atoms. The van der Waals surface area contributed by atoms with Crippen molar-refractivity contribution in [3.8, 4) is 45.0 Å². The Kier molecular flexibility index (Phi) is 10.9. The molecule has 0 aliphatic rings. The monoisotopic (exact) mass is 1070 g/mol. The Morgan fingerprint density at radius 3 is 0.726 bits per heavy atom. The van der Waals surface area contributed by atoms with Crippen LogP contribution in [0, 0.1) is 0 Å². The van der Waals surface area contributed by atoms with E-state index in [9.17, 15) is 0 Å². The molecule has 0 radical (unpaired) electrons. The largest absolute Gasteiger partial charge is 0.309 e. The summed E-state index contributed by atoms with van der Waals surface area (Å²) in [5, 5.41) is 15.1. The van der Waals surface area contributed by atoms with Gasteiger partial charge in [0.1, 0.15) is 0 Å². The lowest BCUT2D eigenvalue weighted by atomic mass is 10.1. The number of hydrogen-bond acceptors (Lipinski definition) is 0. The van der Waals surface area contributed by atoms with Gasteiger partial charge in [0.25, 0.3) is 0 Å². The Bertz CT molecular complexity index is 5230. The Morgan fingerprint density at radius 2 is 0.393 bits per heavy atom. The molecule has 0 aliphatic heterocycles. The molecule has 4 heterocycles. The summed E-state index contributed by atoms with van der Waals surface area (Å²) in [5.41, 5.74) is 19.4. The Hall–Kier alpha value is -11.2. The number of hydrogen-bond donors (Lipinski definition) is 0. The van der Waals surface area contributed by atoms with Crippen LogP contribution >= 0.6 is 0 Å². The molecule has 0 unspecified atom stereocenters. The Morgan fingerprint density at radius 1 is 0.143 bits per heavy atom. The third-order valence-electron chi connectivity index (χ3n) is 17.4. The summed E-state index contributed by atoms with van der Waals surface area (Å²) in [5.74, 6) is 0. The van der Waals surface area contributed by atoms with Gasteiger partial charge in [0.2, 0.25) is 0 Å². The van der Waals surface area contributed by atoms with Crippen LogP contribution in [-0.2, 0) is 0 Å². The van der Waals surface area contributed by atoms with Crippen LogP contribution in [0.25, 0.3) is 154 Å². The summed E-state index contributed by atoms with van der Waals surface area (Å²) in [6.45, 7) is 0. The molecule has 0 atom stereocenters. The molecule has 0 N–H and O–H groups in total. The van der Waals surface area contributed by atoms with Gasteiger partial charge in [-0.3, -0.25) is 0 Å². The van der Waals surface area contributed by atoms with Gasteiger partial charge in [-0.2, -0.15) is 0 Å². The number of fused-ring (bicyclic) bond motifs is 14. The lowest BCUT2D eigenvalue weighted by Gasteiger charge is -2.11. The second-order valence-corrected chi connectivity index (χ2v) is 22.1. The molecule has 84 heavy (non-hydrogen) atoms. The van der Waals surface area contributed by atoms with Crippen LogP contribution in [0.4, 0.5) is 0 Å². The summed E-state index contributed by atoms with van der Waals surface area (Å²) in [6, 6.07) is 115. The van der Waals surface area contributed by atoms with Crippen molar-refractivity contribution >= 4 is 109 Å². The lowest BCUT2D eigenvalue weighted by molar-refractivity contribution is 1.17. The minimum atomic E-state index is 1.16. The standard InChI is InChI=1S/C42H28N2.C38H24N2/c1-3-11-29(12-4-1)31-19-23-33(24-20-31)43-39-17-9-7-15-35(39)37-28-42-38(27-41(37)43)36-16-8-10-18-40(36)44(42)34-25-21-32(22-26-34)30-13-5-2-6-14-30;1-3-11-27-21-29(19-17-25(27)9-1)39-35-15-7-5-13-31(35)33-24-38-34(23-37(33)39)32-14-6-8-16-36(32)40(38)30-20-18-26-10-2-4-12-28(26)22-30/h1-28H;1-24H. The topological polar surface area (TPSA) is 19.7 Å². The summed E-state index contributed by atoms with van der Waals surface area (Å²) in [4.78, 5) is 0. The van der Waals surface area contributed by atoms with Gasteiger partial charge in [-0.1, -0.05) is 218 Å². The highest BCUT2D eigenvalue weighted by atomic mass is 15.0. The molecule has 14 aromatic carbocycles. The highest BCUT2D eigenvalue weighted by Crippen LogP contribution is 2.43. The molecular formula is C80H52N4. The van der Waals surface area contributed by atoms with Gasteiger partial charge < -0.3 is 18.3 Å². The van der Waals surface area contributed by atoms with Crippen LogP contribution < -0.4 is 0 Å². The first-order chi connectivity index (χ1) is 41.7. The first-order valence-electron chi connectivity index (χ1n) is 28.9. The van der Waals surface area contributed by atoms with Crippen LogP contribution in [0.15, 0.2) is 315 Å². The normalized spacial score (nSPS) is 11.8. The second kappa shape index (κ2) is 19.2. The SMILES string of the molecule is c1ccc(-c2ccc(-n3c4ccccc4c4cc5c(cc43)c3ccccc3n5-c3ccc(-c4ccccc4)cc3)cc2)cc1.c1ccc2cc(-n3c4ccccc4c4cc5c(cc43)c3ccccc3n5-c3ccc4ccccc4c3)ccc2c1. The predicted octanol–water partition coefficient (Wildman–Crippen LogP) is 21.4. The van der Waals surface area contributed by atoms with Crippen molar-refractivity contribution in [2.45, 2.75) is 0 Å². The third kappa shape index (κ3) is 7.62. The van der Waals surface area contributed by atoms with Crippen LogP contribution in [0.5, 0.6) is 0 Å². The second-order valence-electron chi connectivity index (χ2n) is 22.1. The van der Waals surface area contributed by atoms with Gasteiger partial charge in [-0.25, -0.2) is 0 Å². The molecule has 392 valence electrons. The third-order valence-corrected chi connectivity index (χ3v) is 17.4. The van der Waals surface area contributed by atoms with Gasteiger partial charge in [-0.15, -0.1) is 0 Å². The zero-order valence-electron chi connectivity index (χ0n) is 45.8. The maximum Gasteiger partial charge on any atom is 0.0548 e. The van der Waals surface area contributed by atoms with Gasteiger partial charge in [0.15, 0.2) is 0 Å². The van der Waals surface area contributed by atoms with Gasteiger partial charge in [-0.05, 0) is 141 Å². The molecule has 18 rings (SSSR count). The summed E-state index contributed by atoms with van der Waals surface area (Å²) < 4.78 is 9.69. The summed E-state index contributed by atoms with van der Waals surface area (Å²) >= 11 is 0. The van der Waals surface area contributed by atoms with Gasteiger partial charge in [0, 0.05) is 65.8 Å². The van der Waals surface area contributed by atoms with E-state index in [-0.39, 0.29) is 0 Å². The summed E-state index contributed by atoms with van der Waals surface area (Å²) in [7, 11) is 0. The zero-order chi connectivity index (χ0) is 55.2. The molecule has 0 saturated carbocycles. The van der Waals surface area contributed by atoms with Crippen molar-refractivity contribution < 1.29 is 0 Å². The molecule has 4 aromatic heterocycles. The molecule has 0 saturated heterocycles. The number of para-hydroxylation sites is 4. The first kappa shape index (κ1) is 47.6. The van der Waals surface area contributed by atoms with E-state index in [2.05, 4.69) is 334 Å². The lowest BCUT2D eigenvalue weighted by Crippen LogP contribution is -1.95. The Labute approximate surface area is 484 Å². The first-order valence-corrected chi connectivity index (χ1v) is 28.9. The van der Waals surface area contributed by atoms with Crippen LogP contribution in [-0.4, -0.2) is 18.3 Å². The van der Waals surface area contributed by atoms with Crippen LogP contribution in [0.1, 0.15) is 0 Å². The van der Waals surface area contributed by atoms with Crippen molar-refractivity contribution in [2.75, 3.05) is 0 Å². The fourth-order valence-corrected chi connectivity index (χ4v) is 13.5. The number of rotatable bonds is 6. The van der Waals surface area contributed by atoms with Crippen LogP contribution in [0.2, 0.25) is 0 Å². The molecule has 0 amide bonds. The van der Waals surface area contributed by atoms with E-state index in [0.717, 1.165) is 11.4 Å². The van der Waals surface area contributed by atoms with Crippen molar-refractivity contribution in [2.24, 2.45) is 0 Å². The predicted molar refractivity (Wildman–Crippen MR) is 356 cm³/mol. The zero-order valence-corrected chi connectivity index (χ0v) is 45.8. The van der Waals surface area contributed by atoms with Crippen molar-refractivity contribution in [3.05, 3.63) is 315 Å². The maximum absolute atomic E-state index is 2.43. The average molecular weight is 1070 g/mol. The van der Waals surface area contributed by atoms with Gasteiger partial charge in [0.05, 0.1) is 44.1 Å². The maximum atomic E-state index is 2.43. The van der Waals surface area contributed by atoms with E-state index in [0.29, 0.717) is 0 Å². The van der Waals surface area contributed by atoms with Crippen LogP contribution in [0.3, 0.4) is 0 Å². The van der Waals surface area contributed by atoms with Crippen molar-refractivity contribution in [3.63, 3.8) is 0 Å². The van der Waals surface area contributed by atoms with E-state index in [1.54, 1.807) is 0 Å². The minimum absolute atomic E-state index is 1.16.